The smallest absolute Gasteiger partial charge is 0.150 e. The molecule has 14 heteroatoms. The van der Waals surface area contributed by atoms with Crippen molar-refractivity contribution in [1.82, 2.24) is 29.9 Å². The van der Waals surface area contributed by atoms with E-state index in [4.69, 9.17) is 11.5 Å². The summed E-state index contributed by atoms with van der Waals surface area (Å²) in [5.41, 5.74) is 18.7. The van der Waals surface area contributed by atoms with Crippen molar-refractivity contribution in [2.24, 2.45) is 0 Å². The number of nitrogens with two attached hydrogens (primary N) is 2. The van der Waals surface area contributed by atoms with E-state index in [2.05, 4.69) is 40.5 Å². The van der Waals surface area contributed by atoms with Crippen LogP contribution in [0.3, 0.4) is 0 Å². The van der Waals surface area contributed by atoms with E-state index in [0.717, 1.165) is 33.4 Å². The number of hydrogen-bond donors (Lipinski definition) is 4. The SMILES string of the molecule is C[C@@H](Nc1ncnc(N)c1C#N)c1cnc2ccc(F)cc2c1-c1ccccc1.C[C@H](Nc1ncnc(N)c1C#N)c1cnc2ccc(F)cc2c1-c1ccccc1. The van der Waals surface area contributed by atoms with Crippen molar-refractivity contribution in [1.29, 1.82) is 10.5 Å². The van der Waals surface area contributed by atoms with Gasteiger partial charge in [0.15, 0.2) is 0 Å². The molecule has 0 saturated heterocycles. The Kier molecular flexibility index (Phi) is 11.0. The normalized spacial score (nSPS) is 11.8. The summed E-state index contributed by atoms with van der Waals surface area (Å²) in [6.07, 6.45) is 6.13. The molecule has 4 aromatic carbocycles. The molecule has 0 saturated carbocycles. The predicted octanol–water partition coefficient (Wildman–Crippen LogP) is 8.92. The van der Waals surface area contributed by atoms with Crippen molar-refractivity contribution in [3.63, 3.8) is 0 Å². The third kappa shape index (κ3) is 7.84. The first-order valence-electron chi connectivity index (χ1n) is 18.0. The number of aromatic nitrogens is 6. The van der Waals surface area contributed by atoms with E-state index in [1.807, 2.05) is 86.6 Å². The molecule has 0 spiro atoms. The summed E-state index contributed by atoms with van der Waals surface area (Å²) in [6, 6.07) is 32.1. The minimum atomic E-state index is -0.329. The topological polar surface area (TPSA) is 201 Å². The number of halogens is 2. The number of nitrogen functional groups attached to an aromatic ring is 2. The maximum absolute atomic E-state index is 14.0. The Morgan fingerprint density at radius 3 is 1.33 bits per heavy atom. The quantitative estimate of drug-likeness (QED) is 0.115. The first kappa shape index (κ1) is 38.2. The van der Waals surface area contributed by atoms with Crippen LogP contribution in [0.4, 0.5) is 32.1 Å². The number of nitrogens with one attached hydrogen (secondary N) is 2. The van der Waals surface area contributed by atoms with Gasteiger partial charge in [-0.2, -0.15) is 10.5 Å². The van der Waals surface area contributed by atoms with Gasteiger partial charge < -0.3 is 22.1 Å². The van der Waals surface area contributed by atoms with Crippen molar-refractivity contribution in [2.75, 3.05) is 22.1 Å². The predicted molar refractivity (Wildman–Crippen MR) is 221 cm³/mol. The molecule has 8 rings (SSSR count). The third-order valence-electron chi connectivity index (χ3n) is 9.46. The largest absolute Gasteiger partial charge is 0.382 e. The number of anilines is 4. The van der Waals surface area contributed by atoms with Gasteiger partial charge in [-0.15, -0.1) is 0 Å². The molecule has 0 bridgehead atoms. The molecule has 4 heterocycles. The maximum Gasteiger partial charge on any atom is 0.150 e. The van der Waals surface area contributed by atoms with Crippen molar-refractivity contribution in [2.45, 2.75) is 25.9 Å². The lowest BCUT2D eigenvalue weighted by Gasteiger charge is -2.20. The molecule has 0 unspecified atom stereocenters. The third-order valence-corrected chi connectivity index (χ3v) is 9.46. The van der Waals surface area contributed by atoms with Gasteiger partial charge in [0.05, 0.1) is 23.1 Å². The van der Waals surface area contributed by atoms with Gasteiger partial charge >= 0.3 is 0 Å². The number of nitriles is 2. The Bertz CT molecular complexity index is 2660. The first-order valence-corrected chi connectivity index (χ1v) is 18.0. The van der Waals surface area contributed by atoms with Crippen LogP contribution in [-0.2, 0) is 0 Å². The fraction of sp³-hybridized carbons (Fsp3) is 0.0909. The molecule has 6 N–H and O–H groups in total. The summed E-state index contributed by atoms with van der Waals surface area (Å²) in [7, 11) is 0. The standard InChI is InChI=1S/2C22H17FN6/c2*1-13(29-22-17(10-24)21(25)27-12-28-22)18-11-26-19-8-7-15(23)9-16(19)20(18)14-5-3-2-4-6-14/h2*2-9,11-13H,1H3,(H3,25,27,28,29)/t2*13-/m10/s1. The van der Waals surface area contributed by atoms with Crippen molar-refractivity contribution in [3.8, 4) is 34.4 Å². The Labute approximate surface area is 331 Å². The average Bonchev–Trinajstić information content (AvgIpc) is 3.23. The van der Waals surface area contributed by atoms with Crippen molar-refractivity contribution < 1.29 is 8.78 Å². The fourth-order valence-corrected chi connectivity index (χ4v) is 6.67. The Hall–Kier alpha value is -8.10. The number of hydrogen-bond acceptors (Lipinski definition) is 12. The lowest BCUT2D eigenvalue weighted by Crippen LogP contribution is -2.12. The number of pyridine rings is 2. The van der Waals surface area contributed by atoms with Gasteiger partial charge in [0.25, 0.3) is 0 Å². The molecule has 58 heavy (non-hydrogen) atoms. The molecule has 2 atom stereocenters. The first-order chi connectivity index (χ1) is 28.2. The van der Waals surface area contributed by atoms with Gasteiger partial charge in [0.1, 0.15) is 70.8 Å². The van der Waals surface area contributed by atoms with E-state index in [0.29, 0.717) is 33.4 Å². The lowest BCUT2D eigenvalue weighted by atomic mass is 9.93. The molecule has 12 nitrogen and oxygen atoms in total. The van der Waals surface area contributed by atoms with Crippen LogP contribution in [0.1, 0.15) is 48.2 Å². The van der Waals surface area contributed by atoms with E-state index >= 15 is 0 Å². The fourth-order valence-electron chi connectivity index (χ4n) is 6.67. The highest BCUT2D eigenvalue weighted by molar-refractivity contribution is 5.97. The van der Waals surface area contributed by atoms with E-state index in [1.54, 1.807) is 24.5 Å². The molecule has 0 aliphatic heterocycles. The molecule has 284 valence electrons. The van der Waals surface area contributed by atoms with Crippen LogP contribution in [0, 0.1) is 34.3 Å². The van der Waals surface area contributed by atoms with Crippen molar-refractivity contribution in [3.05, 3.63) is 156 Å². The summed E-state index contributed by atoms with van der Waals surface area (Å²) in [5.74, 6) is 0.240. The average molecular weight is 769 g/mol. The van der Waals surface area contributed by atoms with E-state index in [-0.39, 0.29) is 46.5 Å². The lowest BCUT2D eigenvalue weighted by molar-refractivity contribution is 0.629. The minimum absolute atomic E-state index is 0.110. The summed E-state index contributed by atoms with van der Waals surface area (Å²) < 4.78 is 28.1. The summed E-state index contributed by atoms with van der Waals surface area (Å²) in [4.78, 5) is 25.0. The van der Waals surface area contributed by atoms with Gasteiger partial charge in [0, 0.05) is 34.3 Å². The van der Waals surface area contributed by atoms with Gasteiger partial charge in [-0.1, -0.05) is 60.7 Å². The number of rotatable bonds is 8. The van der Waals surface area contributed by atoms with Crippen LogP contribution in [0.25, 0.3) is 44.1 Å². The van der Waals surface area contributed by atoms with Crippen LogP contribution in [-0.4, -0.2) is 29.9 Å². The Morgan fingerprint density at radius 1 is 0.552 bits per heavy atom. The molecule has 8 aromatic rings. The molecular weight excluding hydrogens is 735 g/mol. The molecule has 0 amide bonds. The molecule has 0 aliphatic carbocycles. The summed E-state index contributed by atoms with van der Waals surface area (Å²) in [6.45, 7) is 3.85. The highest BCUT2D eigenvalue weighted by atomic mass is 19.1. The van der Waals surface area contributed by atoms with Crippen LogP contribution < -0.4 is 22.1 Å². The summed E-state index contributed by atoms with van der Waals surface area (Å²) in [5, 5.41) is 26.6. The molecule has 4 aromatic heterocycles. The van der Waals surface area contributed by atoms with E-state index in [1.165, 1.54) is 36.9 Å². The number of benzene rings is 4. The second-order valence-corrected chi connectivity index (χ2v) is 13.2. The highest BCUT2D eigenvalue weighted by Crippen LogP contribution is 2.37. The van der Waals surface area contributed by atoms with Gasteiger partial charge in [-0.3, -0.25) is 9.97 Å². The van der Waals surface area contributed by atoms with Crippen LogP contribution in [0.5, 0.6) is 0 Å². The zero-order valence-corrected chi connectivity index (χ0v) is 31.2. The highest BCUT2D eigenvalue weighted by Gasteiger charge is 2.21. The number of fused-ring (bicyclic) bond motifs is 2. The molecule has 0 radical (unpaired) electrons. The van der Waals surface area contributed by atoms with Crippen LogP contribution >= 0.6 is 0 Å². The monoisotopic (exact) mass is 768 g/mol. The zero-order chi connectivity index (χ0) is 40.8. The maximum atomic E-state index is 14.0. The number of nitrogens with zero attached hydrogens (tertiary/aromatic N) is 8. The van der Waals surface area contributed by atoms with Gasteiger partial charge in [-0.25, -0.2) is 28.7 Å². The van der Waals surface area contributed by atoms with E-state index in [9.17, 15) is 19.3 Å². The van der Waals surface area contributed by atoms with Gasteiger partial charge in [-0.05, 0) is 72.5 Å². The second-order valence-electron chi connectivity index (χ2n) is 13.2. The Balaban J connectivity index is 0.000000177. The zero-order valence-electron chi connectivity index (χ0n) is 31.2. The van der Waals surface area contributed by atoms with Crippen LogP contribution in [0.15, 0.2) is 122 Å². The second kappa shape index (κ2) is 16.7. The van der Waals surface area contributed by atoms with Crippen LogP contribution in [0.2, 0.25) is 0 Å². The van der Waals surface area contributed by atoms with Crippen molar-refractivity contribution >= 4 is 45.1 Å². The Morgan fingerprint density at radius 2 is 0.948 bits per heavy atom. The van der Waals surface area contributed by atoms with Gasteiger partial charge in [0.2, 0.25) is 0 Å². The minimum Gasteiger partial charge on any atom is -0.382 e. The molecule has 0 fully saturated rings. The molecular formula is C44H34F2N12. The molecule has 0 aliphatic rings. The summed E-state index contributed by atoms with van der Waals surface area (Å²) >= 11 is 0. The van der Waals surface area contributed by atoms with E-state index < -0.39 is 0 Å².